The number of amides is 1. The molecular weight excluding hydrogens is 386 g/mol. The summed E-state index contributed by atoms with van der Waals surface area (Å²) in [4.78, 5) is 18.0. The normalized spacial score (nSPS) is 10.3. The van der Waals surface area contributed by atoms with Crippen molar-refractivity contribution in [2.45, 2.75) is 17.6 Å². The van der Waals surface area contributed by atoms with E-state index in [1.165, 1.54) is 0 Å². The highest BCUT2D eigenvalue weighted by Crippen LogP contribution is 2.28. The molecule has 0 saturated carbocycles. The van der Waals surface area contributed by atoms with Gasteiger partial charge < -0.3 is 5.32 Å². The lowest BCUT2D eigenvalue weighted by atomic mass is 10.2. The average Bonchev–Trinajstić information content (AvgIpc) is 3.05. The van der Waals surface area contributed by atoms with Gasteiger partial charge in [0.15, 0.2) is 0 Å². The molecule has 0 unspecified atom stereocenters. The van der Waals surface area contributed by atoms with Crippen LogP contribution in [0.1, 0.15) is 26.6 Å². The Hall–Kier alpha value is -2.33. The maximum atomic E-state index is 12.7. The Bertz CT molecular complexity index is 994. The van der Waals surface area contributed by atoms with Gasteiger partial charge in [-0.25, -0.2) is 4.98 Å². The van der Waals surface area contributed by atoms with E-state index >= 15 is 0 Å². The number of hydrogen-bond acceptors (Lipinski definition) is 5. The second-order valence-electron chi connectivity index (χ2n) is 5.40. The molecule has 0 aliphatic rings. The van der Waals surface area contributed by atoms with Crippen molar-refractivity contribution in [1.29, 1.82) is 5.26 Å². The molecule has 0 atom stereocenters. The third kappa shape index (κ3) is 4.44. The fourth-order valence-corrected chi connectivity index (χ4v) is 4.17. The van der Waals surface area contributed by atoms with E-state index in [0.29, 0.717) is 27.6 Å². The van der Waals surface area contributed by atoms with Crippen molar-refractivity contribution in [2.75, 3.05) is 5.32 Å². The Kier molecular flexibility index (Phi) is 5.94. The Labute approximate surface area is 164 Å². The van der Waals surface area contributed by atoms with Gasteiger partial charge >= 0.3 is 0 Å². The molecule has 2 aromatic carbocycles. The molecule has 1 amide bonds. The van der Waals surface area contributed by atoms with Crippen LogP contribution in [0.2, 0.25) is 5.02 Å². The zero-order chi connectivity index (χ0) is 18.5. The van der Waals surface area contributed by atoms with Crippen LogP contribution in [0.5, 0.6) is 0 Å². The van der Waals surface area contributed by atoms with E-state index < -0.39 is 0 Å². The highest BCUT2D eigenvalue weighted by atomic mass is 35.5. The van der Waals surface area contributed by atoms with Crippen LogP contribution in [-0.2, 0) is 5.75 Å². The van der Waals surface area contributed by atoms with Crippen molar-refractivity contribution in [3.63, 3.8) is 0 Å². The molecule has 0 fully saturated rings. The molecule has 7 heteroatoms. The van der Waals surface area contributed by atoms with Gasteiger partial charge in [0.05, 0.1) is 26.9 Å². The molecule has 0 saturated heterocycles. The van der Waals surface area contributed by atoms with Crippen LogP contribution >= 0.6 is 34.7 Å². The quantitative estimate of drug-likeness (QED) is 0.573. The first-order chi connectivity index (χ1) is 12.6. The third-order valence-corrected chi connectivity index (χ3v) is 5.76. The Morgan fingerprint density at radius 3 is 2.85 bits per heavy atom. The van der Waals surface area contributed by atoms with Crippen molar-refractivity contribution >= 4 is 46.3 Å². The van der Waals surface area contributed by atoms with Crippen LogP contribution in [-0.4, -0.2) is 10.9 Å². The molecule has 0 bridgehead atoms. The first-order valence-electron chi connectivity index (χ1n) is 7.70. The molecule has 0 aliphatic carbocycles. The van der Waals surface area contributed by atoms with Crippen LogP contribution in [0.15, 0.2) is 52.7 Å². The summed E-state index contributed by atoms with van der Waals surface area (Å²) in [6, 6.07) is 14.3. The number of benzene rings is 2. The summed E-state index contributed by atoms with van der Waals surface area (Å²) in [6.07, 6.45) is 0. The fourth-order valence-electron chi connectivity index (χ4n) is 2.29. The van der Waals surface area contributed by atoms with Crippen molar-refractivity contribution in [3.05, 3.63) is 74.7 Å². The Balaban J connectivity index is 1.75. The fraction of sp³-hybridized carbons (Fsp3) is 0.105. The number of anilines is 1. The van der Waals surface area contributed by atoms with Crippen molar-refractivity contribution < 1.29 is 4.79 Å². The molecule has 4 nitrogen and oxygen atoms in total. The predicted molar refractivity (Wildman–Crippen MR) is 107 cm³/mol. The summed E-state index contributed by atoms with van der Waals surface area (Å²) in [5, 5.41) is 15.1. The van der Waals surface area contributed by atoms with Gasteiger partial charge in [0.2, 0.25) is 0 Å². The minimum atomic E-state index is -0.219. The molecular formula is C19H14ClN3OS2. The summed E-state index contributed by atoms with van der Waals surface area (Å²) in [6.45, 7) is 1.98. The zero-order valence-electron chi connectivity index (χ0n) is 13.8. The summed E-state index contributed by atoms with van der Waals surface area (Å²) in [7, 11) is 0. The molecule has 26 heavy (non-hydrogen) atoms. The monoisotopic (exact) mass is 399 g/mol. The summed E-state index contributed by atoms with van der Waals surface area (Å²) in [5.74, 6) is 0.487. The van der Waals surface area contributed by atoms with E-state index in [1.807, 2.05) is 36.6 Å². The SMILES string of the molecule is Cc1nc(CSc2ccccc2C(=O)Nc2ccc(C#N)c(Cl)c2)cs1. The van der Waals surface area contributed by atoms with Gasteiger partial charge in [-0.2, -0.15) is 5.26 Å². The Morgan fingerprint density at radius 1 is 1.35 bits per heavy atom. The molecule has 1 aromatic heterocycles. The number of carbonyl (C=O) groups is 1. The highest BCUT2D eigenvalue weighted by molar-refractivity contribution is 7.98. The molecule has 1 N–H and O–H groups in total. The number of thiazole rings is 1. The van der Waals surface area contributed by atoms with Gasteiger partial charge in [-0.1, -0.05) is 23.7 Å². The van der Waals surface area contributed by atoms with E-state index in [0.717, 1.165) is 15.6 Å². The number of hydrogen-bond donors (Lipinski definition) is 1. The number of nitrogens with one attached hydrogen (secondary N) is 1. The first-order valence-corrected chi connectivity index (χ1v) is 9.95. The van der Waals surface area contributed by atoms with E-state index in [9.17, 15) is 4.79 Å². The van der Waals surface area contributed by atoms with Gasteiger partial charge in [0.25, 0.3) is 5.91 Å². The van der Waals surface area contributed by atoms with Crippen molar-refractivity contribution in [3.8, 4) is 6.07 Å². The van der Waals surface area contributed by atoms with Gasteiger partial charge in [0, 0.05) is 21.7 Å². The van der Waals surface area contributed by atoms with E-state index in [-0.39, 0.29) is 5.91 Å². The lowest BCUT2D eigenvalue weighted by Crippen LogP contribution is -2.13. The van der Waals surface area contributed by atoms with Gasteiger partial charge in [-0.15, -0.1) is 23.1 Å². The van der Waals surface area contributed by atoms with Crippen LogP contribution in [0.3, 0.4) is 0 Å². The number of carbonyl (C=O) groups excluding carboxylic acids is 1. The smallest absolute Gasteiger partial charge is 0.256 e. The summed E-state index contributed by atoms with van der Waals surface area (Å²) < 4.78 is 0. The lowest BCUT2D eigenvalue weighted by molar-refractivity contribution is 0.102. The minimum absolute atomic E-state index is 0.219. The number of thioether (sulfide) groups is 1. The average molecular weight is 400 g/mol. The molecule has 0 aliphatic heterocycles. The summed E-state index contributed by atoms with van der Waals surface area (Å²) in [5.41, 5.74) is 2.52. The number of aryl methyl sites for hydroxylation is 1. The number of halogens is 1. The largest absolute Gasteiger partial charge is 0.322 e. The van der Waals surface area contributed by atoms with Gasteiger partial charge in [-0.05, 0) is 37.3 Å². The van der Waals surface area contributed by atoms with E-state index in [2.05, 4.69) is 10.3 Å². The third-order valence-electron chi connectivity index (χ3n) is 3.52. The van der Waals surface area contributed by atoms with E-state index in [1.54, 1.807) is 47.4 Å². The maximum Gasteiger partial charge on any atom is 0.256 e. The molecule has 3 aromatic rings. The second-order valence-corrected chi connectivity index (χ2v) is 7.89. The molecule has 1 heterocycles. The predicted octanol–water partition coefficient (Wildman–Crippen LogP) is 5.52. The molecule has 0 spiro atoms. The van der Waals surface area contributed by atoms with Crippen LogP contribution in [0.25, 0.3) is 0 Å². The number of nitrogens with zero attached hydrogens (tertiary/aromatic N) is 2. The van der Waals surface area contributed by atoms with E-state index in [4.69, 9.17) is 16.9 Å². The lowest BCUT2D eigenvalue weighted by Gasteiger charge is -2.10. The van der Waals surface area contributed by atoms with Crippen molar-refractivity contribution in [2.24, 2.45) is 0 Å². The molecule has 0 radical (unpaired) electrons. The molecule has 3 rings (SSSR count). The van der Waals surface area contributed by atoms with Crippen LogP contribution in [0.4, 0.5) is 5.69 Å². The standard InChI is InChI=1S/C19H14ClN3OS2/c1-12-22-15(10-25-12)11-26-18-5-3-2-4-16(18)19(24)23-14-7-6-13(9-21)17(20)8-14/h2-8,10H,11H2,1H3,(H,23,24). The second kappa shape index (κ2) is 8.37. The summed E-state index contributed by atoms with van der Waals surface area (Å²) >= 11 is 9.22. The highest BCUT2D eigenvalue weighted by Gasteiger charge is 2.13. The maximum absolute atomic E-state index is 12.7. The minimum Gasteiger partial charge on any atom is -0.322 e. The zero-order valence-corrected chi connectivity index (χ0v) is 16.2. The van der Waals surface area contributed by atoms with Crippen LogP contribution in [0, 0.1) is 18.3 Å². The van der Waals surface area contributed by atoms with Gasteiger partial charge in [0.1, 0.15) is 6.07 Å². The Morgan fingerprint density at radius 2 is 2.15 bits per heavy atom. The topological polar surface area (TPSA) is 65.8 Å². The van der Waals surface area contributed by atoms with Crippen molar-refractivity contribution in [1.82, 2.24) is 4.98 Å². The number of rotatable bonds is 5. The number of aromatic nitrogens is 1. The van der Waals surface area contributed by atoms with Gasteiger partial charge in [-0.3, -0.25) is 4.79 Å². The number of nitriles is 1. The molecule has 130 valence electrons. The first kappa shape index (κ1) is 18.5. The van der Waals surface area contributed by atoms with Crippen LogP contribution < -0.4 is 5.32 Å².